The summed E-state index contributed by atoms with van der Waals surface area (Å²) in [5.74, 6) is -0.340. The Morgan fingerprint density at radius 2 is 2.00 bits per heavy atom. The zero-order valence-corrected chi connectivity index (χ0v) is 8.50. The second-order valence-corrected chi connectivity index (χ2v) is 3.51. The number of aromatic nitrogens is 1. The molecule has 0 saturated heterocycles. The van der Waals surface area contributed by atoms with Crippen LogP contribution in [0.2, 0.25) is 5.02 Å². The van der Waals surface area contributed by atoms with Gasteiger partial charge in [-0.05, 0) is 30.3 Å². The molecule has 0 spiro atoms. The van der Waals surface area contributed by atoms with Gasteiger partial charge in [0.25, 0.3) is 0 Å². The van der Waals surface area contributed by atoms with Crippen molar-refractivity contribution in [1.82, 2.24) is 4.98 Å². The molecule has 15 heavy (non-hydrogen) atoms. The van der Waals surface area contributed by atoms with Crippen molar-refractivity contribution < 1.29 is 4.39 Å². The number of nitrogens with zero attached hydrogens (tertiary/aromatic N) is 1. The van der Waals surface area contributed by atoms with Crippen LogP contribution in [0.15, 0.2) is 36.5 Å². The van der Waals surface area contributed by atoms with Gasteiger partial charge in [-0.3, -0.25) is 4.98 Å². The SMILES string of the molecule is Nc1ccc(-c2cc(F)ccc2Cl)nc1. The van der Waals surface area contributed by atoms with E-state index < -0.39 is 0 Å². The fourth-order valence-electron chi connectivity index (χ4n) is 1.26. The standard InChI is InChI=1S/C11H8ClFN2/c12-10-3-1-7(13)5-9(10)11-4-2-8(14)6-15-11/h1-6H,14H2. The van der Waals surface area contributed by atoms with E-state index in [0.717, 1.165) is 0 Å². The Morgan fingerprint density at radius 3 is 2.67 bits per heavy atom. The van der Waals surface area contributed by atoms with Crippen LogP contribution in [-0.4, -0.2) is 4.98 Å². The van der Waals surface area contributed by atoms with E-state index in [9.17, 15) is 4.39 Å². The Balaban J connectivity index is 2.53. The number of hydrogen-bond acceptors (Lipinski definition) is 2. The molecule has 1 aromatic carbocycles. The average molecular weight is 223 g/mol. The summed E-state index contributed by atoms with van der Waals surface area (Å²) in [6.45, 7) is 0. The zero-order chi connectivity index (χ0) is 10.8. The molecule has 2 N–H and O–H groups in total. The topological polar surface area (TPSA) is 38.9 Å². The van der Waals surface area contributed by atoms with Gasteiger partial charge >= 0.3 is 0 Å². The summed E-state index contributed by atoms with van der Waals surface area (Å²) in [4.78, 5) is 4.07. The third kappa shape index (κ3) is 2.07. The van der Waals surface area contributed by atoms with Crippen molar-refractivity contribution in [2.24, 2.45) is 0 Å². The molecular formula is C11H8ClFN2. The number of hydrogen-bond donors (Lipinski definition) is 1. The molecule has 0 aliphatic heterocycles. The third-order valence-electron chi connectivity index (χ3n) is 1.99. The lowest BCUT2D eigenvalue weighted by Gasteiger charge is -2.03. The summed E-state index contributed by atoms with van der Waals surface area (Å²) in [5.41, 5.74) is 7.24. The predicted octanol–water partition coefficient (Wildman–Crippen LogP) is 3.12. The number of nitrogens with two attached hydrogens (primary N) is 1. The molecule has 0 aliphatic carbocycles. The minimum Gasteiger partial charge on any atom is -0.397 e. The van der Waals surface area contributed by atoms with E-state index >= 15 is 0 Å². The molecule has 0 saturated carbocycles. The molecule has 0 bridgehead atoms. The molecule has 0 aliphatic rings. The maximum Gasteiger partial charge on any atom is 0.123 e. The fraction of sp³-hybridized carbons (Fsp3) is 0. The minimum absolute atomic E-state index is 0.340. The second kappa shape index (κ2) is 3.87. The van der Waals surface area contributed by atoms with Crippen molar-refractivity contribution in [3.63, 3.8) is 0 Å². The van der Waals surface area contributed by atoms with E-state index in [-0.39, 0.29) is 5.82 Å². The average Bonchev–Trinajstić information content (AvgIpc) is 2.23. The first kappa shape index (κ1) is 9.93. The summed E-state index contributed by atoms with van der Waals surface area (Å²) in [6, 6.07) is 7.56. The Labute approximate surface area is 91.5 Å². The van der Waals surface area contributed by atoms with Crippen molar-refractivity contribution in [2.75, 3.05) is 5.73 Å². The number of anilines is 1. The molecule has 0 fully saturated rings. The van der Waals surface area contributed by atoms with Gasteiger partial charge in [0.1, 0.15) is 5.82 Å². The minimum atomic E-state index is -0.340. The van der Waals surface area contributed by atoms with Crippen LogP contribution < -0.4 is 5.73 Å². The maximum atomic E-state index is 13.0. The van der Waals surface area contributed by atoms with Crippen LogP contribution in [0.3, 0.4) is 0 Å². The van der Waals surface area contributed by atoms with Gasteiger partial charge in [0.15, 0.2) is 0 Å². The fourth-order valence-corrected chi connectivity index (χ4v) is 1.47. The van der Waals surface area contributed by atoms with Gasteiger partial charge in [-0.2, -0.15) is 0 Å². The Morgan fingerprint density at radius 1 is 1.20 bits per heavy atom. The first-order valence-corrected chi connectivity index (χ1v) is 4.71. The Bertz CT molecular complexity index is 482. The van der Waals surface area contributed by atoms with E-state index in [2.05, 4.69) is 4.98 Å². The molecule has 0 amide bonds. The van der Waals surface area contributed by atoms with Gasteiger partial charge in [0, 0.05) is 5.56 Å². The lowest BCUT2D eigenvalue weighted by Crippen LogP contribution is -1.89. The molecule has 76 valence electrons. The molecule has 2 rings (SSSR count). The highest BCUT2D eigenvalue weighted by Crippen LogP contribution is 2.27. The summed E-state index contributed by atoms with van der Waals surface area (Å²) in [6.07, 6.45) is 1.51. The number of rotatable bonds is 1. The van der Waals surface area contributed by atoms with Crippen LogP contribution in [0.1, 0.15) is 0 Å². The number of benzene rings is 1. The van der Waals surface area contributed by atoms with Crippen molar-refractivity contribution in [1.29, 1.82) is 0 Å². The van der Waals surface area contributed by atoms with Crippen LogP contribution in [-0.2, 0) is 0 Å². The number of nitrogen functional groups attached to an aromatic ring is 1. The molecule has 0 radical (unpaired) electrons. The molecule has 4 heteroatoms. The summed E-state index contributed by atoms with van der Waals surface area (Å²) >= 11 is 5.93. The monoisotopic (exact) mass is 222 g/mol. The van der Waals surface area contributed by atoms with Crippen LogP contribution in [0.5, 0.6) is 0 Å². The van der Waals surface area contributed by atoms with Crippen molar-refractivity contribution in [3.8, 4) is 11.3 Å². The quantitative estimate of drug-likeness (QED) is 0.805. The van der Waals surface area contributed by atoms with Gasteiger partial charge < -0.3 is 5.73 Å². The predicted molar refractivity (Wildman–Crippen MR) is 59.1 cm³/mol. The van der Waals surface area contributed by atoms with E-state index in [1.807, 2.05) is 0 Å². The summed E-state index contributed by atoms with van der Waals surface area (Å²) in [7, 11) is 0. The van der Waals surface area contributed by atoms with Crippen molar-refractivity contribution in [3.05, 3.63) is 47.4 Å². The van der Waals surface area contributed by atoms with E-state index in [1.165, 1.54) is 24.4 Å². The molecular weight excluding hydrogens is 215 g/mol. The van der Waals surface area contributed by atoms with Gasteiger partial charge in [0.2, 0.25) is 0 Å². The van der Waals surface area contributed by atoms with Gasteiger partial charge in [-0.15, -0.1) is 0 Å². The third-order valence-corrected chi connectivity index (χ3v) is 2.32. The summed E-state index contributed by atoms with van der Waals surface area (Å²) in [5, 5.41) is 0.466. The maximum absolute atomic E-state index is 13.0. The van der Waals surface area contributed by atoms with Gasteiger partial charge in [-0.1, -0.05) is 11.6 Å². The van der Waals surface area contributed by atoms with Crippen molar-refractivity contribution >= 4 is 17.3 Å². The van der Waals surface area contributed by atoms with Crippen LogP contribution in [0.25, 0.3) is 11.3 Å². The molecule has 2 nitrogen and oxygen atoms in total. The molecule has 0 unspecified atom stereocenters. The van der Waals surface area contributed by atoms with Gasteiger partial charge in [-0.25, -0.2) is 4.39 Å². The second-order valence-electron chi connectivity index (χ2n) is 3.10. The van der Waals surface area contributed by atoms with Crippen LogP contribution >= 0.6 is 11.6 Å². The molecule has 1 aromatic heterocycles. The number of halogens is 2. The van der Waals surface area contributed by atoms with Crippen LogP contribution in [0.4, 0.5) is 10.1 Å². The first-order chi connectivity index (χ1) is 7.16. The zero-order valence-electron chi connectivity index (χ0n) is 7.74. The Hall–Kier alpha value is -1.61. The molecule has 2 aromatic rings. The largest absolute Gasteiger partial charge is 0.397 e. The Kier molecular flexibility index (Phi) is 2.56. The molecule has 1 heterocycles. The highest BCUT2D eigenvalue weighted by molar-refractivity contribution is 6.33. The van der Waals surface area contributed by atoms with E-state index in [0.29, 0.717) is 22.0 Å². The number of pyridine rings is 1. The van der Waals surface area contributed by atoms with E-state index in [4.69, 9.17) is 17.3 Å². The first-order valence-electron chi connectivity index (χ1n) is 4.34. The summed E-state index contributed by atoms with van der Waals surface area (Å²) < 4.78 is 13.0. The van der Waals surface area contributed by atoms with Crippen molar-refractivity contribution in [2.45, 2.75) is 0 Å². The van der Waals surface area contributed by atoms with Crippen LogP contribution in [0, 0.1) is 5.82 Å². The lowest BCUT2D eigenvalue weighted by molar-refractivity contribution is 0.628. The van der Waals surface area contributed by atoms with E-state index in [1.54, 1.807) is 12.1 Å². The lowest BCUT2D eigenvalue weighted by atomic mass is 10.1. The smallest absolute Gasteiger partial charge is 0.123 e. The normalized spacial score (nSPS) is 10.3. The highest BCUT2D eigenvalue weighted by atomic mass is 35.5. The highest BCUT2D eigenvalue weighted by Gasteiger charge is 2.05. The molecule has 0 atom stereocenters. The van der Waals surface area contributed by atoms with Gasteiger partial charge in [0.05, 0.1) is 22.6 Å².